The van der Waals surface area contributed by atoms with E-state index < -0.39 is 22.7 Å². The summed E-state index contributed by atoms with van der Waals surface area (Å²) in [6.07, 6.45) is 3.15. The lowest BCUT2D eigenvalue weighted by molar-refractivity contribution is -0.122. The Morgan fingerprint density at radius 1 is 0.927 bits per heavy atom. The highest BCUT2D eigenvalue weighted by Crippen LogP contribution is 2.54. The summed E-state index contributed by atoms with van der Waals surface area (Å²) < 4.78 is 33.8. The van der Waals surface area contributed by atoms with Crippen LogP contribution in [-0.2, 0) is 27.8 Å². The number of piperidine rings is 1. The zero-order valence-corrected chi connectivity index (χ0v) is 33.6. The van der Waals surface area contributed by atoms with E-state index in [-0.39, 0.29) is 41.8 Å². The van der Waals surface area contributed by atoms with Gasteiger partial charge in [-0.1, -0.05) is 74.3 Å². The van der Waals surface area contributed by atoms with Gasteiger partial charge in [0.2, 0.25) is 5.91 Å². The fourth-order valence-corrected chi connectivity index (χ4v) is 7.77. The van der Waals surface area contributed by atoms with Crippen LogP contribution in [0.25, 0.3) is 0 Å². The number of rotatable bonds is 9. The molecule has 1 N–H and O–H groups in total. The second-order valence-electron chi connectivity index (χ2n) is 15.6. The summed E-state index contributed by atoms with van der Waals surface area (Å²) in [6, 6.07) is 20.0. The highest BCUT2D eigenvalue weighted by atomic mass is 35.5. The Hall–Kier alpha value is -4.54. The Kier molecular flexibility index (Phi) is 11.6. The van der Waals surface area contributed by atoms with Gasteiger partial charge in [-0.3, -0.25) is 19.7 Å². The number of urea groups is 1. The summed E-state index contributed by atoms with van der Waals surface area (Å²) in [5, 5.41) is 3.90. The molecule has 0 saturated carbocycles. The van der Waals surface area contributed by atoms with Crippen LogP contribution in [0.1, 0.15) is 88.8 Å². The van der Waals surface area contributed by atoms with Crippen molar-refractivity contribution in [3.63, 3.8) is 0 Å². The third-order valence-electron chi connectivity index (χ3n) is 11.0. The molecule has 1 saturated heterocycles. The van der Waals surface area contributed by atoms with Crippen molar-refractivity contribution in [2.24, 2.45) is 10.9 Å². The molecule has 2 aliphatic rings. The molecule has 0 spiro atoms. The molecule has 12 heteroatoms. The largest absolute Gasteiger partial charge is 0.493 e. The Morgan fingerprint density at radius 3 is 2.13 bits per heavy atom. The SMILES string of the molecule is CCOc1cc(C(C)(C)C)ncc1C1=N[C@@](C)(c2ccc(Cl)cc2)[C@@](C)(c2ccc(Cl)cc2)N1C(=O)N1CCC(CC(=O)NCc2ccc(F)cc2F)CC1. The van der Waals surface area contributed by atoms with Crippen LogP contribution >= 0.6 is 23.2 Å². The quantitative estimate of drug-likeness (QED) is 0.183. The third-order valence-corrected chi connectivity index (χ3v) is 11.5. The van der Waals surface area contributed by atoms with Gasteiger partial charge < -0.3 is 15.0 Å². The monoisotopic (exact) mass is 789 g/mol. The number of halogens is 4. The van der Waals surface area contributed by atoms with Crippen LogP contribution in [0.4, 0.5) is 13.6 Å². The summed E-state index contributed by atoms with van der Waals surface area (Å²) in [5.74, 6) is -0.604. The van der Waals surface area contributed by atoms with Gasteiger partial charge in [-0.2, -0.15) is 0 Å². The molecule has 3 aromatic carbocycles. The van der Waals surface area contributed by atoms with Gasteiger partial charge >= 0.3 is 6.03 Å². The number of ether oxygens (including phenoxy) is 1. The van der Waals surface area contributed by atoms with E-state index in [0.29, 0.717) is 59.7 Å². The first-order chi connectivity index (χ1) is 26.0. The maximum absolute atomic E-state index is 15.3. The molecule has 0 unspecified atom stereocenters. The van der Waals surface area contributed by atoms with E-state index in [1.165, 1.54) is 12.1 Å². The lowest BCUT2D eigenvalue weighted by Gasteiger charge is -2.47. The fourth-order valence-electron chi connectivity index (χ4n) is 7.52. The Balaban J connectivity index is 1.36. The summed E-state index contributed by atoms with van der Waals surface area (Å²) in [6.45, 7) is 13.4. The topological polar surface area (TPSA) is 87.1 Å². The second-order valence-corrected chi connectivity index (χ2v) is 16.5. The van der Waals surface area contributed by atoms with Crippen LogP contribution in [0.2, 0.25) is 10.0 Å². The lowest BCUT2D eigenvalue weighted by Crippen LogP contribution is -2.59. The number of pyridine rings is 1. The molecule has 0 aliphatic carbocycles. The van der Waals surface area contributed by atoms with Crippen molar-refractivity contribution in [2.75, 3.05) is 19.7 Å². The highest BCUT2D eigenvalue weighted by molar-refractivity contribution is 6.30. The first kappa shape index (κ1) is 40.1. The van der Waals surface area contributed by atoms with Gasteiger partial charge in [-0.15, -0.1) is 0 Å². The van der Waals surface area contributed by atoms with Gasteiger partial charge in [0, 0.05) is 71.1 Å². The Morgan fingerprint density at radius 2 is 1.55 bits per heavy atom. The van der Waals surface area contributed by atoms with Crippen LogP contribution in [0.3, 0.4) is 0 Å². The van der Waals surface area contributed by atoms with Crippen molar-refractivity contribution >= 4 is 41.0 Å². The Labute approximate surface area is 331 Å². The first-order valence-electron chi connectivity index (χ1n) is 18.6. The van der Waals surface area contributed by atoms with E-state index in [0.717, 1.165) is 22.9 Å². The maximum atomic E-state index is 15.3. The number of benzene rings is 3. The molecule has 0 radical (unpaired) electrons. The molecule has 1 fully saturated rings. The van der Waals surface area contributed by atoms with Gasteiger partial charge in [0.15, 0.2) is 0 Å². The molecular weight excluding hydrogens is 743 g/mol. The number of amides is 3. The zero-order chi connectivity index (χ0) is 39.7. The molecule has 3 amide bonds. The number of aromatic nitrogens is 1. The smallest absolute Gasteiger partial charge is 0.326 e. The number of nitrogens with one attached hydrogen (secondary N) is 1. The molecule has 4 aromatic rings. The number of amidine groups is 1. The van der Waals surface area contributed by atoms with Crippen molar-refractivity contribution in [3.8, 4) is 5.75 Å². The molecule has 290 valence electrons. The normalized spacial score (nSPS) is 20.4. The number of carbonyl (C=O) groups is 2. The van der Waals surface area contributed by atoms with Crippen molar-refractivity contribution < 1.29 is 23.1 Å². The molecular formula is C43H47Cl2F2N5O3. The van der Waals surface area contributed by atoms with Crippen molar-refractivity contribution in [1.82, 2.24) is 20.1 Å². The lowest BCUT2D eigenvalue weighted by atomic mass is 9.71. The number of hydrogen-bond donors (Lipinski definition) is 1. The maximum Gasteiger partial charge on any atom is 0.326 e. The van der Waals surface area contributed by atoms with Gasteiger partial charge in [0.05, 0.1) is 12.2 Å². The minimum Gasteiger partial charge on any atom is -0.493 e. The van der Waals surface area contributed by atoms with E-state index in [9.17, 15) is 13.6 Å². The predicted molar refractivity (Wildman–Crippen MR) is 213 cm³/mol. The van der Waals surface area contributed by atoms with Crippen LogP contribution in [0.15, 0.2) is 84.0 Å². The summed E-state index contributed by atoms with van der Waals surface area (Å²) in [4.78, 5) is 42.1. The average molecular weight is 791 g/mol. The van der Waals surface area contributed by atoms with Crippen LogP contribution in [0, 0.1) is 17.6 Å². The summed E-state index contributed by atoms with van der Waals surface area (Å²) in [7, 11) is 0. The predicted octanol–water partition coefficient (Wildman–Crippen LogP) is 9.79. The van der Waals surface area contributed by atoms with Gasteiger partial charge in [0.1, 0.15) is 34.3 Å². The van der Waals surface area contributed by atoms with Gasteiger partial charge in [0.25, 0.3) is 0 Å². The number of nitrogens with zero attached hydrogens (tertiary/aromatic N) is 4. The number of aliphatic imine (C=N–C) groups is 1. The minimum atomic E-state index is -1.09. The summed E-state index contributed by atoms with van der Waals surface area (Å²) >= 11 is 12.8. The first-order valence-corrected chi connectivity index (χ1v) is 19.4. The van der Waals surface area contributed by atoms with Crippen LogP contribution in [0.5, 0.6) is 5.75 Å². The van der Waals surface area contributed by atoms with Crippen molar-refractivity contribution in [1.29, 1.82) is 0 Å². The van der Waals surface area contributed by atoms with Gasteiger partial charge in [-0.25, -0.2) is 13.6 Å². The van der Waals surface area contributed by atoms with E-state index in [1.54, 1.807) is 11.1 Å². The molecule has 3 heterocycles. The average Bonchev–Trinajstić information content (AvgIpc) is 3.39. The second kappa shape index (κ2) is 15.9. The molecule has 2 atom stereocenters. The molecule has 6 rings (SSSR count). The molecule has 0 bridgehead atoms. The minimum absolute atomic E-state index is 0.00881. The van der Waals surface area contributed by atoms with Gasteiger partial charge in [-0.05, 0) is 81.0 Å². The fraction of sp³-hybridized carbons (Fsp3) is 0.395. The number of likely N-dealkylation sites (tertiary alicyclic amines) is 1. The van der Waals surface area contributed by atoms with E-state index in [2.05, 4.69) is 26.1 Å². The standard InChI is InChI=1S/C43H47Cl2F2N5O3/c1-7-55-36-24-37(41(2,3)4)48-26-34(36)39-50-42(5,29-9-13-31(44)14-10-29)43(6,30-11-15-32(45)16-12-30)52(39)40(54)51-20-18-27(19-21-51)22-38(53)49-25-28-8-17-33(46)23-35(28)47/h8-17,23-24,26-27H,7,18-22,25H2,1-6H3,(H,49,53)/t42-,43+/m0/s1. The van der Waals surface area contributed by atoms with Crippen molar-refractivity contribution in [2.45, 2.75) is 83.8 Å². The summed E-state index contributed by atoms with van der Waals surface area (Å²) in [5.41, 5.74) is 0.942. The van der Waals surface area contributed by atoms with E-state index >= 15 is 4.79 Å². The highest BCUT2D eigenvalue weighted by Gasteiger charge is 2.60. The number of carbonyl (C=O) groups excluding carboxylic acids is 2. The third kappa shape index (κ3) is 8.07. The number of hydrogen-bond acceptors (Lipinski definition) is 5. The van der Waals surface area contributed by atoms with Crippen LogP contribution < -0.4 is 10.1 Å². The molecule has 1 aromatic heterocycles. The Bertz CT molecular complexity index is 2080. The van der Waals surface area contributed by atoms with Crippen LogP contribution in [-0.4, -0.2) is 52.3 Å². The molecule has 2 aliphatic heterocycles. The molecule has 55 heavy (non-hydrogen) atoms. The van der Waals surface area contributed by atoms with E-state index in [1.807, 2.05) is 80.3 Å². The molecule has 8 nitrogen and oxygen atoms in total. The van der Waals surface area contributed by atoms with E-state index in [4.69, 9.17) is 37.9 Å². The zero-order valence-electron chi connectivity index (χ0n) is 32.1. The van der Waals surface area contributed by atoms with Crippen molar-refractivity contribution in [3.05, 3.63) is 129 Å².